The van der Waals surface area contributed by atoms with Crippen molar-refractivity contribution in [3.05, 3.63) is 102 Å². The van der Waals surface area contributed by atoms with E-state index >= 15 is 0 Å². The number of nitrogens with zero attached hydrogens (tertiary/aromatic N) is 1. The molecule has 0 aliphatic heterocycles. The fraction of sp³-hybridized carbons (Fsp3) is 0.100. The van der Waals surface area contributed by atoms with Crippen molar-refractivity contribution in [2.45, 2.75) is 13.8 Å². The van der Waals surface area contributed by atoms with Crippen LogP contribution in [0.15, 0.2) is 95.5 Å². The average Bonchev–Trinajstić information content (AvgIpc) is 3.14. The summed E-state index contributed by atoms with van der Waals surface area (Å²) < 4.78 is 8.56. The molecule has 2 heteroatoms. The fourth-order valence-electron chi connectivity index (χ4n) is 4.87. The van der Waals surface area contributed by atoms with Gasteiger partial charge >= 0.3 is 0 Å². The topological polar surface area (TPSA) is 17.0 Å². The first-order chi connectivity index (χ1) is 15.6. The van der Waals surface area contributed by atoms with Crippen molar-refractivity contribution in [3.63, 3.8) is 0 Å². The van der Waals surface area contributed by atoms with Gasteiger partial charge in [0.05, 0.1) is 5.56 Å². The lowest BCUT2D eigenvalue weighted by atomic mass is 9.96. The quantitative estimate of drug-likeness (QED) is 0.268. The SMILES string of the molecule is Cc1c[n+](C)c(-c2cc3oc4cc5ccccc5cc4c3cc2C)cc1-c1ccccc1. The summed E-state index contributed by atoms with van der Waals surface area (Å²) in [6.07, 6.45) is 2.21. The molecular weight excluding hydrogens is 390 g/mol. The smallest absolute Gasteiger partial charge is 0.213 e. The lowest BCUT2D eigenvalue weighted by Crippen LogP contribution is -2.31. The van der Waals surface area contributed by atoms with Crippen LogP contribution >= 0.6 is 0 Å². The number of fused-ring (bicyclic) bond motifs is 4. The Morgan fingerprint density at radius 2 is 1.28 bits per heavy atom. The van der Waals surface area contributed by atoms with Crippen LogP contribution in [-0.4, -0.2) is 0 Å². The molecule has 6 rings (SSSR count). The average molecular weight is 415 g/mol. The number of hydrogen-bond donors (Lipinski definition) is 0. The van der Waals surface area contributed by atoms with Crippen LogP contribution in [0, 0.1) is 13.8 Å². The molecule has 0 atom stereocenters. The van der Waals surface area contributed by atoms with Crippen molar-refractivity contribution in [2.75, 3.05) is 0 Å². The summed E-state index contributed by atoms with van der Waals surface area (Å²) >= 11 is 0. The lowest BCUT2D eigenvalue weighted by Gasteiger charge is -2.10. The highest BCUT2D eigenvalue weighted by Crippen LogP contribution is 2.36. The molecule has 0 saturated carbocycles. The van der Waals surface area contributed by atoms with E-state index in [9.17, 15) is 0 Å². The molecule has 0 bridgehead atoms. The summed E-state index contributed by atoms with van der Waals surface area (Å²) in [4.78, 5) is 0. The zero-order valence-corrected chi connectivity index (χ0v) is 18.5. The van der Waals surface area contributed by atoms with Gasteiger partial charge in [0.25, 0.3) is 0 Å². The zero-order chi connectivity index (χ0) is 21.8. The molecule has 2 aromatic heterocycles. The van der Waals surface area contributed by atoms with E-state index in [4.69, 9.17) is 4.42 Å². The van der Waals surface area contributed by atoms with Crippen LogP contribution in [0.1, 0.15) is 11.1 Å². The van der Waals surface area contributed by atoms with Gasteiger partial charge < -0.3 is 4.42 Å². The van der Waals surface area contributed by atoms with E-state index in [-0.39, 0.29) is 0 Å². The molecule has 6 aromatic rings. The third-order valence-corrected chi connectivity index (χ3v) is 6.52. The number of benzene rings is 4. The fourth-order valence-corrected chi connectivity index (χ4v) is 4.87. The van der Waals surface area contributed by atoms with E-state index in [0.29, 0.717) is 0 Å². The second kappa shape index (κ2) is 7.06. The molecule has 0 unspecified atom stereocenters. The maximum atomic E-state index is 6.35. The van der Waals surface area contributed by atoms with Crippen LogP contribution in [0.5, 0.6) is 0 Å². The Balaban J connectivity index is 1.59. The third-order valence-electron chi connectivity index (χ3n) is 6.52. The molecule has 0 amide bonds. The maximum absolute atomic E-state index is 6.35. The van der Waals surface area contributed by atoms with Crippen molar-refractivity contribution < 1.29 is 8.98 Å². The molecule has 0 aliphatic rings. The van der Waals surface area contributed by atoms with Gasteiger partial charge in [-0.05, 0) is 65.6 Å². The molecule has 4 aromatic carbocycles. The van der Waals surface area contributed by atoms with E-state index in [1.807, 2.05) is 0 Å². The highest BCUT2D eigenvalue weighted by molar-refractivity contribution is 6.11. The predicted octanol–water partition coefficient (Wildman–Crippen LogP) is 7.51. The molecule has 0 aliphatic carbocycles. The highest BCUT2D eigenvalue weighted by atomic mass is 16.3. The first-order valence-electron chi connectivity index (χ1n) is 11.0. The van der Waals surface area contributed by atoms with E-state index in [2.05, 4.69) is 117 Å². The Labute approximate surface area is 187 Å². The Hall–Kier alpha value is -3.91. The van der Waals surface area contributed by atoms with Gasteiger partial charge in [-0.2, -0.15) is 0 Å². The summed E-state index contributed by atoms with van der Waals surface area (Å²) in [5.74, 6) is 0. The van der Waals surface area contributed by atoms with Gasteiger partial charge in [0.2, 0.25) is 5.69 Å². The monoisotopic (exact) mass is 414 g/mol. The van der Waals surface area contributed by atoms with Crippen LogP contribution < -0.4 is 4.57 Å². The standard InChI is InChI=1S/C30H24NO/c1-19-13-26-27-14-22-11-7-8-12-23(22)15-29(27)32-30(26)17-25(19)28-16-24(20(2)18-31(28)3)21-9-5-4-6-10-21/h4-18H,1-3H3/q+1. The van der Waals surface area contributed by atoms with Gasteiger partial charge in [0, 0.05) is 22.4 Å². The van der Waals surface area contributed by atoms with Gasteiger partial charge in [0.1, 0.15) is 18.2 Å². The molecule has 2 heterocycles. The van der Waals surface area contributed by atoms with Crippen molar-refractivity contribution in [2.24, 2.45) is 7.05 Å². The van der Waals surface area contributed by atoms with Crippen molar-refractivity contribution in [1.29, 1.82) is 0 Å². The maximum Gasteiger partial charge on any atom is 0.213 e. The number of furan rings is 1. The van der Waals surface area contributed by atoms with Crippen LogP contribution in [0.2, 0.25) is 0 Å². The molecule has 0 fully saturated rings. The molecule has 0 spiro atoms. The molecule has 2 nitrogen and oxygen atoms in total. The summed E-state index contributed by atoms with van der Waals surface area (Å²) in [7, 11) is 2.12. The van der Waals surface area contributed by atoms with Crippen LogP contribution in [0.25, 0.3) is 55.1 Å². The van der Waals surface area contributed by atoms with Crippen LogP contribution in [-0.2, 0) is 7.05 Å². The first kappa shape index (κ1) is 18.8. The number of aromatic nitrogens is 1. The van der Waals surface area contributed by atoms with E-state index in [1.165, 1.54) is 55.1 Å². The van der Waals surface area contributed by atoms with Gasteiger partial charge in [-0.1, -0.05) is 54.6 Å². The van der Waals surface area contributed by atoms with Crippen molar-refractivity contribution in [1.82, 2.24) is 0 Å². The van der Waals surface area contributed by atoms with E-state index in [0.717, 1.165) is 11.2 Å². The molecule has 32 heavy (non-hydrogen) atoms. The normalized spacial score (nSPS) is 11.6. The molecule has 154 valence electrons. The second-order valence-electron chi connectivity index (χ2n) is 8.69. The minimum atomic E-state index is 0.928. The second-order valence-corrected chi connectivity index (χ2v) is 8.69. The van der Waals surface area contributed by atoms with Gasteiger partial charge in [-0.25, -0.2) is 4.57 Å². The van der Waals surface area contributed by atoms with Crippen molar-refractivity contribution in [3.8, 4) is 22.4 Å². The molecule has 0 radical (unpaired) electrons. The minimum Gasteiger partial charge on any atom is -0.456 e. The van der Waals surface area contributed by atoms with Crippen LogP contribution in [0.3, 0.4) is 0 Å². The van der Waals surface area contributed by atoms with Crippen LogP contribution in [0.4, 0.5) is 0 Å². The largest absolute Gasteiger partial charge is 0.456 e. The predicted molar refractivity (Wildman–Crippen MR) is 133 cm³/mol. The summed E-state index contributed by atoms with van der Waals surface area (Å²) in [5.41, 5.74) is 9.24. The van der Waals surface area contributed by atoms with Gasteiger partial charge in [-0.3, -0.25) is 0 Å². The van der Waals surface area contributed by atoms with Gasteiger partial charge in [-0.15, -0.1) is 0 Å². The Morgan fingerprint density at radius 3 is 2.06 bits per heavy atom. The molecular formula is C30H24NO+. The number of hydrogen-bond acceptors (Lipinski definition) is 1. The van der Waals surface area contributed by atoms with Crippen molar-refractivity contribution >= 4 is 32.7 Å². The van der Waals surface area contributed by atoms with E-state index in [1.54, 1.807) is 0 Å². The lowest BCUT2D eigenvalue weighted by molar-refractivity contribution is -0.660. The Bertz CT molecular complexity index is 1640. The number of rotatable bonds is 2. The van der Waals surface area contributed by atoms with E-state index < -0.39 is 0 Å². The number of pyridine rings is 1. The third kappa shape index (κ3) is 2.91. The summed E-state index contributed by atoms with van der Waals surface area (Å²) in [5, 5.41) is 4.78. The summed E-state index contributed by atoms with van der Waals surface area (Å²) in [6, 6.07) is 30.2. The number of aryl methyl sites for hydroxylation is 3. The first-order valence-corrected chi connectivity index (χ1v) is 11.0. The Morgan fingerprint density at radius 1 is 0.625 bits per heavy atom. The highest BCUT2D eigenvalue weighted by Gasteiger charge is 2.19. The molecule has 0 N–H and O–H groups in total. The molecule has 0 saturated heterocycles. The van der Waals surface area contributed by atoms with Gasteiger partial charge in [0.15, 0.2) is 6.20 Å². The minimum absolute atomic E-state index is 0.928. The Kier molecular flexibility index (Phi) is 4.16. The summed E-state index contributed by atoms with van der Waals surface area (Å²) in [6.45, 7) is 4.36. The zero-order valence-electron chi connectivity index (χ0n) is 18.5.